The van der Waals surface area contributed by atoms with Crippen molar-refractivity contribution in [3.05, 3.63) is 30.3 Å². The number of amides is 1. The topological polar surface area (TPSA) is 41.1 Å². The van der Waals surface area contributed by atoms with Crippen molar-refractivity contribution in [2.45, 2.75) is 54.2 Å². The van der Waals surface area contributed by atoms with E-state index < -0.39 is 0 Å². The molecule has 0 bridgehead atoms. The van der Waals surface area contributed by atoms with Crippen molar-refractivity contribution in [2.24, 2.45) is 0 Å². The molecule has 1 heterocycles. The van der Waals surface area contributed by atoms with Gasteiger partial charge in [0.2, 0.25) is 5.91 Å². The number of carbonyl (C=O) groups excluding carboxylic acids is 1. The van der Waals surface area contributed by atoms with Gasteiger partial charge in [-0.15, -0.1) is 24.2 Å². The molecular formula is C17H25ClN2OS. The quantitative estimate of drug-likeness (QED) is 0.882. The lowest BCUT2D eigenvalue weighted by molar-refractivity contribution is -0.124. The molecule has 1 aromatic carbocycles. The van der Waals surface area contributed by atoms with Crippen molar-refractivity contribution in [1.82, 2.24) is 10.6 Å². The minimum atomic E-state index is -0.251. The highest BCUT2D eigenvalue weighted by atomic mass is 35.5. The molecule has 1 amide bonds. The van der Waals surface area contributed by atoms with Crippen molar-refractivity contribution in [2.75, 3.05) is 13.1 Å². The number of rotatable bonds is 4. The van der Waals surface area contributed by atoms with Crippen LogP contribution in [0.25, 0.3) is 0 Å². The standard InChI is InChI=1S/C17H24N2OS.ClH/c20-16(19-14-7-6-12-18-13-14)17(10-4-5-11-17)21-15-8-2-1-3-9-15;/h1-3,8-9,14,18H,4-7,10-13H2,(H,19,20);1H/t14-;/m0./s1. The maximum Gasteiger partial charge on any atom is 0.236 e. The van der Waals surface area contributed by atoms with E-state index in [1.807, 2.05) is 18.2 Å². The fourth-order valence-corrected chi connectivity index (χ4v) is 4.72. The third-order valence-corrected chi connectivity index (χ3v) is 6.01. The van der Waals surface area contributed by atoms with Gasteiger partial charge in [-0.25, -0.2) is 0 Å². The van der Waals surface area contributed by atoms with Crippen molar-refractivity contribution in [3.8, 4) is 0 Å². The Balaban J connectivity index is 0.00000176. The van der Waals surface area contributed by atoms with E-state index in [2.05, 4.69) is 22.8 Å². The summed E-state index contributed by atoms with van der Waals surface area (Å²) in [5.74, 6) is 0.252. The predicted molar refractivity (Wildman–Crippen MR) is 94.8 cm³/mol. The van der Waals surface area contributed by atoms with Gasteiger partial charge in [-0.2, -0.15) is 0 Å². The van der Waals surface area contributed by atoms with E-state index >= 15 is 0 Å². The van der Waals surface area contributed by atoms with Gasteiger partial charge in [0.1, 0.15) is 0 Å². The Morgan fingerprint density at radius 2 is 1.91 bits per heavy atom. The Bertz CT molecular complexity index is 471. The first-order valence-electron chi connectivity index (χ1n) is 8.04. The molecule has 0 spiro atoms. The SMILES string of the molecule is Cl.O=C(N[C@H]1CCCNC1)C1(Sc2ccccc2)CCCC1. The Morgan fingerprint density at radius 3 is 2.55 bits per heavy atom. The van der Waals surface area contributed by atoms with Crippen molar-refractivity contribution in [3.63, 3.8) is 0 Å². The molecule has 3 nitrogen and oxygen atoms in total. The van der Waals surface area contributed by atoms with Gasteiger partial charge in [-0.1, -0.05) is 31.0 Å². The van der Waals surface area contributed by atoms with Gasteiger partial charge in [0.25, 0.3) is 0 Å². The second kappa shape index (κ2) is 8.23. The summed E-state index contributed by atoms with van der Waals surface area (Å²) in [5.41, 5.74) is 0. The van der Waals surface area contributed by atoms with Crippen LogP contribution in [0.15, 0.2) is 35.2 Å². The number of hydrogen-bond acceptors (Lipinski definition) is 3. The molecule has 2 fully saturated rings. The normalized spacial score (nSPS) is 23.5. The third kappa shape index (κ3) is 4.18. The summed E-state index contributed by atoms with van der Waals surface area (Å²) in [7, 11) is 0. The van der Waals surface area contributed by atoms with Gasteiger partial charge in [-0.05, 0) is 44.4 Å². The summed E-state index contributed by atoms with van der Waals surface area (Å²) < 4.78 is -0.251. The van der Waals surface area contributed by atoms with Crippen molar-refractivity contribution in [1.29, 1.82) is 0 Å². The predicted octanol–water partition coefficient (Wildman–Crippen LogP) is 3.38. The highest BCUT2D eigenvalue weighted by Crippen LogP contribution is 2.45. The van der Waals surface area contributed by atoms with E-state index in [0.717, 1.165) is 51.6 Å². The molecule has 0 unspecified atom stereocenters. The maximum atomic E-state index is 12.9. The lowest BCUT2D eigenvalue weighted by Crippen LogP contribution is -2.51. The number of thioether (sulfide) groups is 1. The summed E-state index contributed by atoms with van der Waals surface area (Å²) in [6.07, 6.45) is 6.58. The summed E-state index contributed by atoms with van der Waals surface area (Å²) in [6, 6.07) is 10.7. The Hall–Kier alpha value is -0.710. The first kappa shape index (κ1) is 17.6. The summed E-state index contributed by atoms with van der Waals surface area (Å²) in [4.78, 5) is 14.1. The zero-order chi connectivity index (χ0) is 14.5. The van der Waals surface area contributed by atoms with Gasteiger partial charge in [0.05, 0.1) is 4.75 Å². The van der Waals surface area contributed by atoms with Crippen LogP contribution in [-0.2, 0) is 4.79 Å². The van der Waals surface area contributed by atoms with Gasteiger partial charge in [0, 0.05) is 17.5 Å². The zero-order valence-corrected chi connectivity index (χ0v) is 14.5. The molecule has 1 aliphatic carbocycles. The number of benzene rings is 1. The van der Waals surface area contributed by atoms with Crippen LogP contribution in [-0.4, -0.2) is 29.8 Å². The average molecular weight is 341 g/mol. The number of nitrogens with one attached hydrogen (secondary N) is 2. The van der Waals surface area contributed by atoms with Crippen LogP contribution in [0.5, 0.6) is 0 Å². The van der Waals surface area contributed by atoms with Gasteiger partial charge in [0.15, 0.2) is 0 Å². The smallest absolute Gasteiger partial charge is 0.236 e. The monoisotopic (exact) mass is 340 g/mol. The van der Waals surface area contributed by atoms with E-state index in [9.17, 15) is 4.79 Å². The Kier molecular flexibility index (Phi) is 6.60. The Labute approximate surface area is 143 Å². The molecule has 1 aromatic rings. The lowest BCUT2D eigenvalue weighted by Gasteiger charge is -2.31. The Morgan fingerprint density at radius 1 is 1.18 bits per heavy atom. The van der Waals surface area contributed by atoms with E-state index in [1.165, 1.54) is 4.90 Å². The maximum absolute atomic E-state index is 12.9. The van der Waals surface area contributed by atoms with Crippen LogP contribution in [0.4, 0.5) is 0 Å². The molecule has 0 radical (unpaired) electrons. The van der Waals surface area contributed by atoms with E-state index in [1.54, 1.807) is 11.8 Å². The molecule has 0 aromatic heterocycles. The van der Waals surface area contributed by atoms with Crippen LogP contribution in [0.2, 0.25) is 0 Å². The van der Waals surface area contributed by atoms with Crippen LogP contribution in [0.1, 0.15) is 38.5 Å². The molecule has 2 aliphatic rings. The molecule has 22 heavy (non-hydrogen) atoms. The highest BCUT2D eigenvalue weighted by Gasteiger charge is 2.42. The molecule has 1 saturated carbocycles. The minimum absolute atomic E-state index is 0. The van der Waals surface area contributed by atoms with Crippen LogP contribution in [0.3, 0.4) is 0 Å². The van der Waals surface area contributed by atoms with Crippen LogP contribution in [0, 0.1) is 0 Å². The summed E-state index contributed by atoms with van der Waals surface area (Å²) >= 11 is 1.76. The van der Waals surface area contributed by atoms with E-state index in [0.29, 0.717) is 6.04 Å². The van der Waals surface area contributed by atoms with Gasteiger partial charge in [-0.3, -0.25) is 4.79 Å². The molecule has 1 saturated heterocycles. The molecule has 5 heteroatoms. The minimum Gasteiger partial charge on any atom is -0.351 e. The fourth-order valence-electron chi connectivity index (χ4n) is 3.33. The molecular weight excluding hydrogens is 316 g/mol. The van der Waals surface area contributed by atoms with E-state index in [4.69, 9.17) is 0 Å². The second-order valence-electron chi connectivity index (χ2n) is 6.13. The number of carbonyl (C=O) groups is 1. The molecule has 122 valence electrons. The van der Waals surface area contributed by atoms with Crippen molar-refractivity contribution < 1.29 is 4.79 Å². The molecule has 1 atom stereocenters. The highest BCUT2D eigenvalue weighted by molar-refractivity contribution is 8.01. The molecule has 1 aliphatic heterocycles. The largest absolute Gasteiger partial charge is 0.351 e. The number of piperidine rings is 1. The second-order valence-corrected chi connectivity index (χ2v) is 7.59. The third-order valence-electron chi connectivity index (χ3n) is 4.51. The average Bonchev–Trinajstić information content (AvgIpc) is 2.99. The molecule has 3 rings (SSSR count). The first-order chi connectivity index (χ1) is 10.3. The fraction of sp³-hybridized carbons (Fsp3) is 0.588. The van der Waals surface area contributed by atoms with E-state index in [-0.39, 0.29) is 23.1 Å². The summed E-state index contributed by atoms with van der Waals surface area (Å²) in [5, 5.41) is 6.67. The van der Waals surface area contributed by atoms with Crippen LogP contribution >= 0.6 is 24.2 Å². The number of hydrogen-bond donors (Lipinski definition) is 2. The molecule has 2 N–H and O–H groups in total. The van der Waals surface area contributed by atoms with Crippen LogP contribution < -0.4 is 10.6 Å². The summed E-state index contributed by atoms with van der Waals surface area (Å²) in [6.45, 7) is 1.99. The lowest BCUT2D eigenvalue weighted by atomic mass is 10.0. The first-order valence-corrected chi connectivity index (χ1v) is 8.86. The van der Waals surface area contributed by atoms with Gasteiger partial charge >= 0.3 is 0 Å². The van der Waals surface area contributed by atoms with Crippen molar-refractivity contribution >= 4 is 30.1 Å². The zero-order valence-electron chi connectivity index (χ0n) is 12.8. The number of halogens is 1. The van der Waals surface area contributed by atoms with Gasteiger partial charge < -0.3 is 10.6 Å².